The van der Waals surface area contributed by atoms with Crippen molar-refractivity contribution >= 4 is 22.6 Å². The first-order valence-corrected chi connectivity index (χ1v) is 6.80. The molecule has 0 saturated carbocycles. The summed E-state index contributed by atoms with van der Waals surface area (Å²) in [6.45, 7) is 5.02. The number of alkyl halides is 1. The lowest BCUT2D eigenvalue weighted by atomic mass is 10.1. The van der Waals surface area contributed by atoms with Crippen molar-refractivity contribution in [3.05, 3.63) is 0 Å². The van der Waals surface area contributed by atoms with Crippen molar-refractivity contribution in [2.24, 2.45) is 5.92 Å². The summed E-state index contributed by atoms with van der Waals surface area (Å²) in [6.07, 6.45) is 4.10. The molecule has 0 aromatic heterocycles. The Bertz CT molecular complexity index is 124. The van der Waals surface area contributed by atoms with Gasteiger partial charge in [-0.25, -0.2) is 0 Å². The fourth-order valence-corrected chi connectivity index (χ4v) is 2.42. The third kappa shape index (κ3) is 5.18. The lowest BCUT2D eigenvalue weighted by Crippen LogP contribution is -2.27. The number of nitrogens with zero attached hydrogens (tertiary/aromatic N) is 1. The summed E-state index contributed by atoms with van der Waals surface area (Å²) in [5, 5.41) is 3.42. The van der Waals surface area contributed by atoms with Gasteiger partial charge in [-0.1, -0.05) is 22.6 Å². The molecule has 1 saturated heterocycles. The molecular formula is C10H21IN2. The van der Waals surface area contributed by atoms with Crippen molar-refractivity contribution in [2.75, 3.05) is 37.7 Å². The van der Waals surface area contributed by atoms with Crippen LogP contribution in [0.3, 0.4) is 0 Å². The standard InChI is InChI=1S/C10H21IN2/c1-13(7-3-2-5-11)9-10-4-6-12-8-10/h10,12H,2-9H2,1H3. The molecule has 0 radical (unpaired) electrons. The number of hydrogen-bond acceptors (Lipinski definition) is 2. The number of nitrogens with one attached hydrogen (secondary N) is 1. The summed E-state index contributed by atoms with van der Waals surface area (Å²) in [4.78, 5) is 2.49. The van der Waals surface area contributed by atoms with Crippen LogP contribution in [0.1, 0.15) is 19.3 Å². The van der Waals surface area contributed by atoms with Crippen molar-refractivity contribution in [1.29, 1.82) is 0 Å². The third-order valence-corrected chi connectivity index (χ3v) is 3.42. The molecule has 0 aromatic carbocycles. The van der Waals surface area contributed by atoms with E-state index in [4.69, 9.17) is 0 Å². The van der Waals surface area contributed by atoms with Crippen LogP contribution in [0.2, 0.25) is 0 Å². The molecule has 1 fully saturated rings. The molecule has 0 spiro atoms. The maximum atomic E-state index is 3.42. The van der Waals surface area contributed by atoms with Gasteiger partial charge in [-0.05, 0) is 56.3 Å². The monoisotopic (exact) mass is 296 g/mol. The fraction of sp³-hybridized carbons (Fsp3) is 1.00. The van der Waals surface area contributed by atoms with Crippen LogP contribution in [0.5, 0.6) is 0 Å². The summed E-state index contributed by atoms with van der Waals surface area (Å²) in [5.74, 6) is 0.907. The first-order valence-electron chi connectivity index (χ1n) is 5.28. The Hall–Kier alpha value is 0.650. The topological polar surface area (TPSA) is 15.3 Å². The Morgan fingerprint density at radius 2 is 2.31 bits per heavy atom. The highest BCUT2D eigenvalue weighted by Gasteiger charge is 2.15. The summed E-state index contributed by atoms with van der Waals surface area (Å²) < 4.78 is 1.30. The van der Waals surface area contributed by atoms with Crippen molar-refractivity contribution in [3.8, 4) is 0 Å². The minimum absolute atomic E-state index is 0.907. The van der Waals surface area contributed by atoms with E-state index >= 15 is 0 Å². The zero-order valence-corrected chi connectivity index (χ0v) is 10.7. The SMILES string of the molecule is CN(CCCCI)CC1CCNC1. The Morgan fingerprint density at radius 1 is 1.46 bits per heavy atom. The maximum Gasteiger partial charge on any atom is 0.00192 e. The Balaban J connectivity index is 1.99. The van der Waals surface area contributed by atoms with Gasteiger partial charge < -0.3 is 10.2 Å². The van der Waals surface area contributed by atoms with E-state index in [-0.39, 0.29) is 0 Å². The van der Waals surface area contributed by atoms with E-state index in [0.29, 0.717) is 0 Å². The van der Waals surface area contributed by atoms with E-state index in [1.165, 1.54) is 49.9 Å². The number of rotatable bonds is 6. The van der Waals surface area contributed by atoms with Crippen LogP contribution in [0, 0.1) is 5.92 Å². The predicted molar refractivity (Wildman–Crippen MR) is 66.6 cm³/mol. The van der Waals surface area contributed by atoms with Gasteiger partial charge in [0, 0.05) is 6.54 Å². The van der Waals surface area contributed by atoms with E-state index < -0.39 is 0 Å². The molecule has 1 aliphatic rings. The molecule has 13 heavy (non-hydrogen) atoms. The predicted octanol–water partition coefficient (Wildman–Crippen LogP) is 1.74. The molecule has 1 heterocycles. The summed E-state index contributed by atoms with van der Waals surface area (Å²) in [7, 11) is 2.26. The van der Waals surface area contributed by atoms with E-state index in [0.717, 1.165) is 5.92 Å². The molecular weight excluding hydrogens is 275 g/mol. The molecule has 1 unspecified atom stereocenters. The van der Waals surface area contributed by atoms with Gasteiger partial charge >= 0.3 is 0 Å². The van der Waals surface area contributed by atoms with E-state index in [2.05, 4.69) is 39.9 Å². The third-order valence-electron chi connectivity index (χ3n) is 2.66. The van der Waals surface area contributed by atoms with E-state index in [1.54, 1.807) is 0 Å². The van der Waals surface area contributed by atoms with Crippen LogP contribution < -0.4 is 5.32 Å². The molecule has 1 N–H and O–H groups in total. The molecule has 3 heteroatoms. The quantitative estimate of drug-likeness (QED) is 0.456. The summed E-state index contributed by atoms with van der Waals surface area (Å²) >= 11 is 2.46. The first kappa shape index (κ1) is 11.7. The van der Waals surface area contributed by atoms with E-state index in [1.807, 2.05) is 0 Å². The smallest absolute Gasteiger partial charge is 0.00192 e. The highest BCUT2D eigenvalue weighted by molar-refractivity contribution is 14.1. The van der Waals surface area contributed by atoms with Crippen molar-refractivity contribution < 1.29 is 0 Å². The van der Waals surface area contributed by atoms with Crippen molar-refractivity contribution in [1.82, 2.24) is 10.2 Å². The van der Waals surface area contributed by atoms with Crippen molar-refractivity contribution in [2.45, 2.75) is 19.3 Å². The van der Waals surface area contributed by atoms with Crippen LogP contribution in [0.15, 0.2) is 0 Å². The van der Waals surface area contributed by atoms with Crippen molar-refractivity contribution in [3.63, 3.8) is 0 Å². The van der Waals surface area contributed by atoms with Gasteiger partial charge in [-0.2, -0.15) is 0 Å². The molecule has 0 amide bonds. The average Bonchev–Trinajstić information content (AvgIpc) is 2.57. The molecule has 1 atom stereocenters. The second-order valence-electron chi connectivity index (χ2n) is 4.02. The lowest BCUT2D eigenvalue weighted by Gasteiger charge is -2.19. The molecule has 0 aromatic rings. The Kier molecular flexibility index (Phi) is 6.32. The van der Waals surface area contributed by atoms with Gasteiger partial charge in [0.25, 0.3) is 0 Å². The highest BCUT2D eigenvalue weighted by Crippen LogP contribution is 2.09. The maximum absolute atomic E-state index is 3.42. The summed E-state index contributed by atoms with van der Waals surface area (Å²) in [6, 6.07) is 0. The Morgan fingerprint density at radius 3 is 2.92 bits per heavy atom. The zero-order chi connectivity index (χ0) is 9.52. The first-order chi connectivity index (χ1) is 6.33. The molecule has 1 aliphatic heterocycles. The zero-order valence-electron chi connectivity index (χ0n) is 8.56. The van der Waals surface area contributed by atoms with Gasteiger partial charge in [0.2, 0.25) is 0 Å². The minimum Gasteiger partial charge on any atom is -0.316 e. The van der Waals surface area contributed by atoms with Gasteiger partial charge in [-0.3, -0.25) is 0 Å². The Labute approximate surface area is 95.6 Å². The van der Waals surface area contributed by atoms with Gasteiger partial charge in [0.05, 0.1) is 0 Å². The van der Waals surface area contributed by atoms with Crippen LogP contribution in [0.4, 0.5) is 0 Å². The van der Waals surface area contributed by atoms with Gasteiger partial charge in [-0.15, -0.1) is 0 Å². The second kappa shape index (κ2) is 7.01. The molecule has 0 aliphatic carbocycles. The molecule has 2 nitrogen and oxygen atoms in total. The van der Waals surface area contributed by atoms with Crippen LogP contribution >= 0.6 is 22.6 Å². The summed E-state index contributed by atoms with van der Waals surface area (Å²) in [5.41, 5.74) is 0. The lowest BCUT2D eigenvalue weighted by molar-refractivity contribution is 0.282. The number of hydrogen-bond donors (Lipinski definition) is 1. The minimum atomic E-state index is 0.907. The number of halogens is 1. The van der Waals surface area contributed by atoms with E-state index in [9.17, 15) is 0 Å². The van der Waals surface area contributed by atoms with Gasteiger partial charge in [0.15, 0.2) is 0 Å². The van der Waals surface area contributed by atoms with Crippen LogP contribution in [-0.2, 0) is 0 Å². The average molecular weight is 296 g/mol. The normalized spacial score (nSPS) is 22.8. The highest BCUT2D eigenvalue weighted by atomic mass is 127. The van der Waals surface area contributed by atoms with Crippen LogP contribution in [-0.4, -0.2) is 42.6 Å². The molecule has 0 bridgehead atoms. The van der Waals surface area contributed by atoms with Crippen LogP contribution in [0.25, 0.3) is 0 Å². The molecule has 1 rings (SSSR count). The largest absolute Gasteiger partial charge is 0.316 e. The second-order valence-corrected chi connectivity index (χ2v) is 5.10. The number of unbranched alkanes of at least 4 members (excludes halogenated alkanes) is 1. The fourth-order valence-electron chi connectivity index (χ4n) is 1.88. The molecule has 78 valence electrons. The van der Waals surface area contributed by atoms with Gasteiger partial charge in [0.1, 0.15) is 0 Å².